The number of ketones is 1. The molecule has 0 radical (unpaired) electrons. The number of benzene rings is 2. The van der Waals surface area contributed by atoms with Crippen molar-refractivity contribution in [2.75, 3.05) is 36.4 Å². The maximum Gasteiger partial charge on any atom is 0.264 e. The van der Waals surface area contributed by atoms with Gasteiger partial charge < -0.3 is 15.1 Å². The highest BCUT2D eigenvalue weighted by molar-refractivity contribution is 7.12. The summed E-state index contributed by atoms with van der Waals surface area (Å²) in [6.45, 7) is 4.38. The Labute approximate surface area is 211 Å². The Hall–Kier alpha value is -3.69. The second-order valence-corrected chi connectivity index (χ2v) is 9.53. The second-order valence-electron chi connectivity index (χ2n) is 8.15. The van der Waals surface area contributed by atoms with Crippen molar-refractivity contribution in [3.8, 4) is 5.69 Å². The number of amides is 1. The van der Waals surface area contributed by atoms with E-state index in [1.807, 2.05) is 46.7 Å². The third-order valence-electron chi connectivity index (χ3n) is 5.80. The van der Waals surface area contributed by atoms with E-state index < -0.39 is 0 Å². The Balaban J connectivity index is 1.25. The molecule has 2 aromatic heterocycles. The van der Waals surface area contributed by atoms with Gasteiger partial charge in [-0.05, 0) is 60.0 Å². The van der Waals surface area contributed by atoms with Crippen LogP contribution in [0.3, 0.4) is 0 Å². The van der Waals surface area contributed by atoms with Gasteiger partial charge in [0.1, 0.15) is 0 Å². The molecule has 1 saturated heterocycles. The number of hydrogen-bond acceptors (Lipinski definition) is 7. The molecule has 0 saturated carbocycles. The standard InChI is InChI=1S/C25H23ClN6O2S/c1-17(33)23-24(29-32(28-23)21-8-4-18(26)5-9-21)27-19-6-10-20(11-7-19)30-12-14-31(15-13-30)25(34)22-3-2-16-35-22/h2-11,16H,12-15H2,1H3,(H,27,29). The molecule has 1 fully saturated rings. The summed E-state index contributed by atoms with van der Waals surface area (Å²) >= 11 is 7.45. The molecule has 0 spiro atoms. The maximum atomic E-state index is 12.6. The van der Waals surface area contributed by atoms with Crippen molar-refractivity contribution < 1.29 is 9.59 Å². The molecule has 0 atom stereocenters. The Morgan fingerprint density at radius 2 is 1.60 bits per heavy atom. The fraction of sp³-hybridized carbons (Fsp3) is 0.200. The largest absolute Gasteiger partial charge is 0.368 e. The first-order valence-electron chi connectivity index (χ1n) is 11.2. The number of carbonyl (C=O) groups is 2. The first-order chi connectivity index (χ1) is 17.0. The Morgan fingerprint density at radius 3 is 2.23 bits per heavy atom. The molecule has 4 aromatic rings. The molecular weight excluding hydrogens is 484 g/mol. The average Bonchev–Trinajstić information content (AvgIpc) is 3.56. The van der Waals surface area contributed by atoms with Gasteiger partial charge in [-0.2, -0.15) is 0 Å². The van der Waals surface area contributed by atoms with Crippen LogP contribution in [0.25, 0.3) is 5.69 Å². The second kappa shape index (κ2) is 9.89. The molecule has 0 bridgehead atoms. The van der Waals surface area contributed by atoms with Gasteiger partial charge in [0.25, 0.3) is 5.91 Å². The van der Waals surface area contributed by atoms with Gasteiger partial charge in [0.15, 0.2) is 17.3 Å². The number of Topliss-reactive ketones (excluding diaryl/α,β-unsaturated/α-hetero) is 1. The van der Waals surface area contributed by atoms with Crippen LogP contribution in [0.2, 0.25) is 5.02 Å². The molecule has 2 aromatic carbocycles. The summed E-state index contributed by atoms with van der Waals surface area (Å²) in [4.78, 5) is 31.1. The molecule has 3 heterocycles. The van der Waals surface area contributed by atoms with Gasteiger partial charge in [0.2, 0.25) is 0 Å². The molecule has 35 heavy (non-hydrogen) atoms. The summed E-state index contributed by atoms with van der Waals surface area (Å²) in [5.74, 6) is 0.312. The van der Waals surface area contributed by atoms with Gasteiger partial charge >= 0.3 is 0 Å². The van der Waals surface area contributed by atoms with E-state index in [0.29, 0.717) is 29.6 Å². The topological polar surface area (TPSA) is 83.4 Å². The third-order valence-corrected chi connectivity index (χ3v) is 6.91. The van der Waals surface area contributed by atoms with Crippen molar-refractivity contribution in [2.24, 2.45) is 0 Å². The van der Waals surface area contributed by atoms with Crippen LogP contribution in [0.15, 0.2) is 66.0 Å². The summed E-state index contributed by atoms with van der Waals surface area (Å²) in [7, 11) is 0. The zero-order valence-corrected chi connectivity index (χ0v) is 20.6. The first kappa shape index (κ1) is 23.1. The van der Waals surface area contributed by atoms with E-state index in [9.17, 15) is 9.59 Å². The number of piperazine rings is 1. The van der Waals surface area contributed by atoms with E-state index in [4.69, 9.17) is 11.6 Å². The van der Waals surface area contributed by atoms with Crippen LogP contribution in [-0.4, -0.2) is 57.8 Å². The minimum Gasteiger partial charge on any atom is -0.368 e. The minimum atomic E-state index is -0.181. The molecule has 1 amide bonds. The molecule has 0 aliphatic carbocycles. The number of rotatable bonds is 6. The van der Waals surface area contributed by atoms with E-state index in [1.54, 1.807) is 24.3 Å². The monoisotopic (exact) mass is 506 g/mol. The highest BCUT2D eigenvalue weighted by Gasteiger charge is 2.23. The van der Waals surface area contributed by atoms with Crippen LogP contribution >= 0.6 is 22.9 Å². The molecular formula is C25H23ClN6O2S. The molecule has 5 rings (SSSR count). The van der Waals surface area contributed by atoms with E-state index in [0.717, 1.165) is 29.3 Å². The van der Waals surface area contributed by atoms with Crippen LogP contribution in [-0.2, 0) is 0 Å². The summed E-state index contributed by atoms with van der Waals surface area (Å²) < 4.78 is 0. The number of nitrogens with one attached hydrogen (secondary N) is 1. The van der Waals surface area contributed by atoms with Gasteiger partial charge in [-0.25, -0.2) is 0 Å². The van der Waals surface area contributed by atoms with E-state index >= 15 is 0 Å². The van der Waals surface area contributed by atoms with Gasteiger partial charge in [0, 0.05) is 49.5 Å². The van der Waals surface area contributed by atoms with Gasteiger partial charge in [-0.15, -0.1) is 26.3 Å². The molecule has 0 unspecified atom stereocenters. The molecule has 1 aliphatic rings. The number of carbonyl (C=O) groups excluding carboxylic acids is 2. The predicted octanol–water partition coefficient (Wildman–Crippen LogP) is 4.89. The Kier molecular flexibility index (Phi) is 6.52. The van der Waals surface area contributed by atoms with Gasteiger partial charge in [0.05, 0.1) is 10.6 Å². The summed E-state index contributed by atoms with van der Waals surface area (Å²) in [5, 5.41) is 14.6. The van der Waals surface area contributed by atoms with Crippen molar-refractivity contribution in [3.63, 3.8) is 0 Å². The van der Waals surface area contributed by atoms with Crippen LogP contribution in [0.1, 0.15) is 27.1 Å². The zero-order valence-electron chi connectivity index (χ0n) is 19.0. The fourth-order valence-electron chi connectivity index (χ4n) is 3.93. The summed E-state index contributed by atoms with van der Waals surface area (Å²) in [6.07, 6.45) is 0. The summed E-state index contributed by atoms with van der Waals surface area (Å²) in [5.41, 5.74) is 2.84. The number of anilines is 3. The van der Waals surface area contributed by atoms with Crippen LogP contribution < -0.4 is 10.2 Å². The summed E-state index contributed by atoms with van der Waals surface area (Å²) in [6, 6.07) is 18.8. The smallest absolute Gasteiger partial charge is 0.264 e. The number of aromatic nitrogens is 3. The van der Waals surface area contributed by atoms with Crippen LogP contribution in [0.4, 0.5) is 17.2 Å². The van der Waals surface area contributed by atoms with E-state index in [-0.39, 0.29) is 17.4 Å². The number of thiophene rings is 1. The quantitative estimate of drug-likeness (QED) is 0.375. The maximum absolute atomic E-state index is 12.6. The van der Waals surface area contributed by atoms with Gasteiger partial charge in [-0.3, -0.25) is 9.59 Å². The minimum absolute atomic E-state index is 0.104. The van der Waals surface area contributed by atoms with E-state index in [1.165, 1.54) is 23.1 Å². The molecule has 10 heteroatoms. The van der Waals surface area contributed by atoms with E-state index in [2.05, 4.69) is 20.4 Å². The highest BCUT2D eigenvalue weighted by Crippen LogP contribution is 2.24. The first-order valence-corrected chi connectivity index (χ1v) is 12.4. The fourth-order valence-corrected chi connectivity index (χ4v) is 4.75. The Bertz CT molecular complexity index is 1330. The molecule has 1 aliphatic heterocycles. The van der Waals surface area contributed by atoms with Crippen molar-refractivity contribution in [1.29, 1.82) is 0 Å². The van der Waals surface area contributed by atoms with Crippen molar-refractivity contribution in [2.45, 2.75) is 6.92 Å². The Morgan fingerprint density at radius 1 is 0.914 bits per heavy atom. The average molecular weight is 507 g/mol. The van der Waals surface area contributed by atoms with Gasteiger partial charge in [-0.1, -0.05) is 17.7 Å². The van der Waals surface area contributed by atoms with Crippen LogP contribution in [0.5, 0.6) is 0 Å². The van der Waals surface area contributed by atoms with Crippen molar-refractivity contribution in [3.05, 3.63) is 81.6 Å². The lowest BCUT2D eigenvalue weighted by Crippen LogP contribution is -2.48. The molecule has 1 N–H and O–H groups in total. The number of halogens is 1. The highest BCUT2D eigenvalue weighted by atomic mass is 35.5. The van der Waals surface area contributed by atoms with Crippen molar-refractivity contribution in [1.82, 2.24) is 19.9 Å². The molecule has 178 valence electrons. The lowest BCUT2D eigenvalue weighted by atomic mass is 10.2. The predicted molar refractivity (Wildman–Crippen MR) is 139 cm³/mol. The molecule has 8 nitrogen and oxygen atoms in total. The number of nitrogens with zero attached hydrogens (tertiary/aromatic N) is 5. The third kappa shape index (κ3) is 5.06. The SMILES string of the molecule is CC(=O)c1nn(-c2ccc(Cl)cc2)nc1Nc1ccc(N2CCN(C(=O)c3cccs3)CC2)cc1. The van der Waals surface area contributed by atoms with Crippen LogP contribution in [0, 0.1) is 0 Å². The normalized spacial score (nSPS) is 13.7. The van der Waals surface area contributed by atoms with Crippen molar-refractivity contribution >= 4 is 51.8 Å². The lowest BCUT2D eigenvalue weighted by molar-refractivity contribution is 0.0751. The zero-order chi connectivity index (χ0) is 24.4. The lowest BCUT2D eigenvalue weighted by Gasteiger charge is -2.36. The number of hydrogen-bond donors (Lipinski definition) is 1.